The Hall–Kier alpha value is -0.210. The van der Waals surface area contributed by atoms with Crippen LogP contribution in [0.3, 0.4) is 0 Å². The molecule has 0 radical (unpaired) electrons. The lowest BCUT2D eigenvalue weighted by Gasteiger charge is -2.32. The van der Waals surface area contributed by atoms with Gasteiger partial charge in [0.15, 0.2) is 5.79 Å². The van der Waals surface area contributed by atoms with Gasteiger partial charge in [0.2, 0.25) is 0 Å². The molecule has 0 aromatic carbocycles. The fraction of sp³-hybridized carbons (Fsp3) is 1.00. The molecule has 2 aliphatic rings. The molecular formula is C9H17NO5S. The molecule has 2 rings (SSSR count). The topological polar surface area (TPSA) is 73.9 Å². The summed E-state index contributed by atoms with van der Waals surface area (Å²) in [6, 6.07) is 0. The van der Waals surface area contributed by atoms with Gasteiger partial charge in [-0.05, 0) is 0 Å². The highest BCUT2D eigenvalue weighted by Crippen LogP contribution is 2.31. The van der Waals surface area contributed by atoms with Gasteiger partial charge in [-0.1, -0.05) is 0 Å². The lowest BCUT2D eigenvalue weighted by molar-refractivity contribution is -0.185. The first kappa shape index (κ1) is 12.3. The maximum Gasteiger partial charge on any atom is 0.264 e. The number of hydrogen-bond acceptors (Lipinski definition) is 6. The molecule has 0 aromatic rings. The molecule has 1 N–H and O–H groups in total. The van der Waals surface area contributed by atoms with Crippen LogP contribution in [0.15, 0.2) is 0 Å². The number of ether oxygens (including phenoxy) is 2. The molecule has 16 heavy (non-hydrogen) atoms. The zero-order valence-electron chi connectivity index (χ0n) is 9.27. The van der Waals surface area contributed by atoms with E-state index in [1.54, 1.807) is 0 Å². The first-order valence-corrected chi connectivity index (χ1v) is 7.18. The first-order chi connectivity index (χ1) is 7.49. The van der Waals surface area contributed by atoms with E-state index in [1.165, 1.54) is 0 Å². The third-order valence-electron chi connectivity index (χ3n) is 2.75. The van der Waals surface area contributed by atoms with E-state index in [1.807, 2.05) is 0 Å². The van der Waals surface area contributed by atoms with E-state index >= 15 is 0 Å². The van der Waals surface area contributed by atoms with Gasteiger partial charge in [0.1, 0.15) is 6.10 Å². The van der Waals surface area contributed by atoms with Gasteiger partial charge in [0.05, 0.1) is 19.5 Å². The van der Waals surface area contributed by atoms with Crippen LogP contribution in [0, 0.1) is 0 Å². The Labute approximate surface area is 95.4 Å². The summed E-state index contributed by atoms with van der Waals surface area (Å²) in [7, 11) is -3.40. The largest absolute Gasteiger partial charge is 0.347 e. The van der Waals surface area contributed by atoms with Crippen LogP contribution < -0.4 is 5.32 Å². The standard InChI is InChI=1S/C9H17NO5S/c1-16(11,12)14-7-8-6-13-9(15-8)2-4-10-5-3-9/h8,10H,2-7H2,1H3. The van der Waals surface area contributed by atoms with E-state index in [9.17, 15) is 8.42 Å². The van der Waals surface area contributed by atoms with E-state index in [4.69, 9.17) is 13.7 Å². The van der Waals surface area contributed by atoms with Crippen molar-refractivity contribution >= 4 is 10.1 Å². The number of hydrogen-bond donors (Lipinski definition) is 1. The molecule has 1 spiro atoms. The molecule has 0 aromatic heterocycles. The average Bonchev–Trinajstić information content (AvgIpc) is 2.59. The molecule has 6 nitrogen and oxygen atoms in total. The summed E-state index contributed by atoms with van der Waals surface area (Å²) in [5.74, 6) is -0.517. The lowest BCUT2D eigenvalue weighted by atomic mass is 10.1. The zero-order chi connectivity index (χ0) is 11.6. The third kappa shape index (κ3) is 3.14. The minimum absolute atomic E-state index is 0.0357. The molecular weight excluding hydrogens is 234 g/mol. The first-order valence-electron chi connectivity index (χ1n) is 5.36. The highest BCUT2D eigenvalue weighted by Gasteiger charge is 2.42. The molecule has 1 atom stereocenters. The summed E-state index contributed by atoms with van der Waals surface area (Å²) < 4.78 is 37.7. The predicted octanol–water partition coefficient (Wildman–Crippen LogP) is -0.542. The van der Waals surface area contributed by atoms with E-state index in [2.05, 4.69) is 5.32 Å². The quantitative estimate of drug-likeness (QED) is 0.679. The van der Waals surface area contributed by atoms with Crippen LogP contribution in [-0.2, 0) is 23.8 Å². The molecule has 0 aliphatic carbocycles. The Balaban J connectivity index is 1.83. The van der Waals surface area contributed by atoms with Crippen LogP contribution in [0.1, 0.15) is 12.8 Å². The molecule has 1 unspecified atom stereocenters. The summed E-state index contributed by atoms with van der Waals surface area (Å²) >= 11 is 0. The minimum atomic E-state index is -3.40. The Morgan fingerprint density at radius 3 is 2.75 bits per heavy atom. The molecule has 2 heterocycles. The normalized spacial score (nSPS) is 29.7. The van der Waals surface area contributed by atoms with Crippen molar-refractivity contribution in [2.24, 2.45) is 0 Å². The van der Waals surface area contributed by atoms with E-state index < -0.39 is 15.9 Å². The van der Waals surface area contributed by atoms with Gasteiger partial charge in [0, 0.05) is 25.9 Å². The van der Waals surface area contributed by atoms with Crippen molar-refractivity contribution in [3.05, 3.63) is 0 Å². The van der Waals surface area contributed by atoms with Crippen LogP contribution in [0.5, 0.6) is 0 Å². The van der Waals surface area contributed by atoms with Crippen molar-refractivity contribution in [1.82, 2.24) is 5.32 Å². The second kappa shape index (κ2) is 4.58. The zero-order valence-corrected chi connectivity index (χ0v) is 10.1. The van der Waals surface area contributed by atoms with Crippen molar-refractivity contribution in [3.8, 4) is 0 Å². The average molecular weight is 251 g/mol. The van der Waals surface area contributed by atoms with Crippen molar-refractivity contribution in [3.63, 3.8) is 0 Å². The fourth-order valence-electron chi connectivity index (χ4n) is 1.97. The van der Waals surface area contributed by atoms with Crippen molar-refractivity contribution < 1.29 is 22.1 Å². The Kier molecular flexibility index (Phi) is 3.50. The van der Waals surface area contributed by atoms with Crippen molar-refractivity contribution in [2.45, 2.75) is 24.7 Å². The summed E-state index contributed by atoms with van der Waals surface area (Å²) in [6.07, 6.45) is 2.33. The van der Waals surface area contributed by atoms with Gasteiger partial charge >= 0.3 is 0 Å². The number of piperidine rings is 1. The second-order valence-corrected chi connectivity index (χ2v) is 5.84. The van der Waals surface area contributed by atoms with E-state index in [-0.39, 0.29) is 12.7 Å². The maximum atomic E-state index is 10.8. The fourth-order valence-corrected chi connectivity index (χ4v) is 2.37. The molecule has 0 bridgehead atoms. The Bertz CT molecular complexity index is 336. The molecule has 2 fully saturated rings. The monoisotopic (exact) mass is 251 g/mol. The van der Waals surface area contributed by atoms with Gasteiger partial charge < -0.3 is 14.8 Å². The van der Waals surface area contributed by atoms with Gasteiger partial charge in [-0.3, -0.25) is 4.18 Å². The SMILES string of the molecule is CS(=O)(=O)OCC1COC2(CCNCC2)O1. The van der Waals surface area contributed by atoms with Gasteiger partial charge in [-0.15, -0.1) is 0 Å². The van der Waals surface area contributed by atoms with Gasteiger partial charge in [-0.2, -0.15) is 8.42 Å². The predicted molar refractivity (Wildman–Crippen MR) is 56.5 cm³/mol. The molecule has 94 valence electrons. The van der Waals surface area contributed by atoms with E-state index in [0.29, 0.717) is 6.61 Å². The number of rotatable bonds is 3. The van der Waals surface area contributed by atoms with Gasteiger partial charge in [0.25, 0.3) is 10.1 Å². The number of nitrogens with one attached hydrogen (secondary N) is 1. The van der Waals surface area contributed by atoms with Crippen LogP contribution >= 0.6 is 0 Å². The Morgan fingerprint density at radius 2 is 2.12 bits per heavy atom. The smallest absolute Gasteiger partial charge is 0.264 e. The van der Waals surface area contributed by atoms with Crippen molar-refractivity contribution in [2.75, 3.05) is 32.6 Å². The van der Waals surface area contributed by atoms with E-state index in [0.717, 1.165) is 32.2 Å². The summed E-state index contributed by atoms with van der Waals surface area (Å²) in [5, 5.41) is 3.22. The van der Waals surface area contributed by atoms with Gasteiger partial charge in [-0.25, -0.2) is 0 Å². The minimum Gasteiger partial charge on any atom is -0.347 e. The van der Waals surface area contributed by atoms with Crippen LogP contribution in [0.2, 0.25) is 0 Å². The lowest BCUT2D eigenvalue weighted by Crippen LogP contribution is -2.43. The van der Waals surface area contributed by atoms with Crippen LogP contribution in [0.25, 0.3) is 0 Å². The van der Waals surface area contributed by atoms with Crippen LogP contribution in [-0.4, -0.2) is 52.9 Å². The summed E-state index contributed by atoms with van der Waals surface area (Å²) in [5.41, 5.74) is 0. The molecule has 2 aliphatic heterocycles. The highest BCUT2D eigenvalue weighted by molar-refractivity contribution is 7.85. The molecule has 2 saturated heterocycles. The Morgan fingerprint density at radius 1 is 1.44 bits per heavy atom. The maximum absolute atomic E-state index is 10.8. The molecule has 7 heteroatoms. The highest BCUT2D eigenvalue weighted by atomic mass is 32.2. The van der Waals surface area contributed by atoms with Crippen LogP contribution in [0.4, 0.5) is 0 Å². The van der Waals surface area contributed by atoms with Crippen molar-refractivity contribution in [1.29, 1.82) is 0 Å². The molecule has 0 amide bonds. The second-order valence-electron chi connectivity index (χ2n) is 4.20. The third-order valence-corrected chi connectivity index (χ3v) is 3.31. The summed E-state index contributed by atoms with van der Waals surface area (Å²) in [6.45, 7) is 2.16. The summed E-state index contributed by atoms with van der Waals surface area (Å²) in [4.78, 5) is 0. The molecule has 0 saturated carbocycles.